The van der Waals surface area contributed by atoms with Gasteiger partial charge in [-0.05, 0) is 49.7 Å². The quantitative estimate of drug-likeness (QED) is 0.451. The Kier molecular flexibility index (Phi) is 5.81. The number of aryl methyl sites for hydroxylation is 2. The van der Waals surface area contributed by atoms with Crippen LogP contribution in [-0.2, 0) is 13.2 Å². The molecule has 7 nitrogen and oxygen atoms in total. The van der Waals surface area contributed by atoms with Gasteiger partial charge in [-0.15, -0.1) is 0 Å². The van der Waals surface area contributed by atoms with Gasteiger partial charge >= 0.3 is 0 Å². The summed E-state index contributed by atoms with van der Waals surface area (Å²) < 4.78 is 16.1. The molecule has 4 aromatic rings. The third kappa shape index (κ3) is 4.60. The van der Waals surface area contributed by atoms with Crippen LogP contribution in [0.3, 0.4) is 0 Å². The minimum Gasteiger partial charge on any atom is -0.487 e. The molecule has 29 heavy (non-hydrogen) atoms. The van der Waals surface area contributed by atoms with Crippen molar-refractivity contribution >= 4 is 28.7 Å². The van der Waals surface area contributed by atoms with Crippen LogP contribution in [0.25, 0.3) is 11.0 Å². The lowest BCUT2D eigenvalue weighted by atomic mass is 10.2. The lowest BCUT2D eigenvalue weighted by Crippen LogP contribution is -2.25. The predicted octanol–water partition coefficient (Wildman–Crippen LogP) is 3.60. The number of carbonyl (C=O) groups is 1. The average molecular weight is 407 g/mol. The fourth-order valence-corrected chi connectivity index (χ4v) is 3.53. The molecule has 0 unspecified atom stereocenters. The van der Waals surface area contributed by atoms with E-state index < -0.39 is 0 Å². The SMILES string of the molecule is Cc1nsnc1COc1ccc(C(=O)NCCCn2cnc3ccccc32)cc1. The maximum Gasteiger partial charge on any atom is 0.251 e. The number of amides is 1. The van der Waals surface area contributed by atoms with Crippen LogP contribution in [0, 0.1) is 6.92 Å². The number of benzene rings is 2. The fourth-order valence-electron chi connectivity index (χ4n) is 2.98. The van der Waals surface area contributed by atoms with Crippen LogP contribution in [0.1, 0.15) is 28.2 Å². The van der Waals surface area contributed by atoms with E-state index in [0.717, 1.165) is 35.4 Å². The van der Waals surface area contributed by atoms with Crippen molar-refractivity contribution in [1.82, 2.24) is 23.6 Å². The number of ether oxygens (including phenoxy) is 1. The summed E-state index contributed by atoms with van der Waals surface area (Å²) in [5.74, 6) is 0.604. The van der Waals surface area contributed by atoms with Crippen molar-refractivity contribution in [3.63, 3.8) is 0 Å². The van der Waals surface area contributed by atoms with Gasteiger partial charge in [-0.1, -0.05) is 12.1 Å². The first kappa shape index (κ1) is 19.1. The Morgan fingerprint density at radius 3 is 2.76 bits per heavy atom. The summed E-state index contributed by atoms with van der Waals surface area (Å²) in [6.45, 7) is 3.68. The number of fused-ring (bicyclic) bond motifs is 1. The van der Waals surface area contributed by atoms with Crippen molar-refractivity contribution in [3.8, 4) is 5.75 Å². The van der Waals surface area contributed by atoms with E-state index >= 15 is 0 Å². The number of nitrogens with one attached hydrogen (secondary N) is 1. The van der Waals surface area contributed by atoms with Crippen LogP contribution in [-0.4, -0.2) is 30.8 Å². The molecule has 0 saturated heterocycles. The molecule has 0 bridgehead atoms. The van der Waals surface area contributed by atoms with Crippen molar-refractivity contribution in [2.75, 3.05) is 6.54 Å². The fraction of sp³-hybridized carbons (Fsp3) is 0.238. The van der Waals surface area contributed by atoms with Crippen LogP contribution < -0.4 is 10.1 Å². The summed E-state index contributed by atoms with van der Waals surface area (Å²) in [6.07, 6.45) is 2.67. The van der Waals surface area contributed by atoms with Gasteiger partial charge in [0.15, 0.2) is 0 Å². The first-order valence-electron chi connectivity index (χ1n) is 9.39. The Labute approximate surface area is 172 Å². The number of para-hydroxylation sites is 2. The van der Waals surface area contributed by atoms with Gasteiger partial charge in [0, 0.05) is 18.7 Å². The Balaban J connectivity index is 1.23. The number of hydrogen-bond donors (Lipinski definition) is 1. The summed E-state index contributed by atoms with van der Waals surface area (Å²) in [7, 11) is 0. The van der Waals surface area contributed by atoms with Gasteiger partial charge in [0.25, 0.3) is 5.91 Å². The number of rotatable bonds is 8. The highest BCUT2D eigenvalue weighted by atomic mass is 32.1. The van der Waals surface area contributed by atoms with E-state index in [-0.39, 0.29) is 5.91 Å². The van der Waals surface area contributed by atoms with Gasteiger partial charge < -0.3 is 14.6 Å². The van der Waals surface area contributed by atoms with Gasteiger partial charge in [0.2, 0.25) is 0 Å². The van der Waals surface area contributed by atoms with Gasteiger partial charge in [0.1, 0.15) is 18.1 Å². The van der Waals surface area contributed by atoms with E-state index in [1.165, 1.54) is 11.7 Å². The molecule has 8 heteroatoms. The Morgan fingerprint density at radius 1 is 1.14 bits per heavy atom. The van der Waals surface area contributed by atoms with Gasteiger partial charge in [-0.25, -0.2) is 4.98 Å². The Morgan fingerprint density at radius 2 is 1.97 bits per heavy atom. The first-order valence-corrected chi connectivity index (χ1v) is 10.1. The molecule has 0 aliphatic rings. The summed E-state index contributed by atoms with van der Waals surface area (Å²) in [5, 5.41) is 2.96. The van der Waals surface area contributed by atoms with Crippen molar-refractivity contribution in [3.05, 3.63) is 71.8 Å². The molecule has 0 saturated carbocycles. The van der Waals surface area contributed by atoms with Crippen molar-refractivity contribution in [2.45, 2.75) is 26.5 Å². The van der Waals surface area contributed by atoms with Crippen LogP contribution in [0.15, 0.2) is 54.9 Å². The lowest BCUT2D eigenvalue weighted by molar-refractivity contribution is 0.0952. The Hall–Kier alpha value is -3.26. The van der Waals surface area contributed by atoms with Crippen molar-refractivity contribution in [2.24, 2.45) is 0 Å². The molecule has 0 atom stereocenters. The molecule has 4 rings (SSSR count). The molecule has 1 N–H and O–H groups in total. The highest BCUT2D eigenvalue weighted by Gasteiger charge is 2.07. The maximum atomic E-state index is 12.3. The molecule has 0 radical (unpaired) electrons. The predicted molar refractivity (Wildman–Crippen MR) is 112 cm³/mol. The number of aromatic nitrogens is 4. The van der Waals surface area contributed by atoms with E-state index in [2.05, 4.69) is 29.7 Å². The molecule has 2 aromatic heterocycles. The largest absolute Gasteiger partial charge is 0.487 e. The first-order chi connectivity index (χ1) is 14.2. The number of hydrogen-bond acceptors (Lipinski definition) is 6. The highest BCUT2D eigenvalue weighted by molar-refractivity contribution is 6.99. The van der Waals surface area contributed by atoms with Crippen LogP contribution >= 0.6 is 11.7 Å². The zero-order chi connectivity index (χ0) is 20.1. The van der Waals surface area contributed by atoms with Crippen molar-refractivity contribution in [1.29, 1.82) is 0 Å². The van der Waals surface area contributed by atoms with Gasteiger partial charge in [0.05, 0.1) is 34.8 Å². The smallest absolute Gasteiger partial charge is 0.251 e. The van der Waals surface area contributed by atoms with E-state index in [1.807, 2.05) is 31.5 Å². The third-order valence-electron chi connectivity index (χ3n) is 4.63. The number of imidazole rings is 1. The van der Waals surface area contributed by atoms with Gasteiger partial charge in [-0.3, -0.25) is 4.79 Å². The molecule has 0 aliphatic heterocycles. The molecular weight excluding hydrogens is 386 g/mol. The normalized spacial score (nSPS) is 10.9. The second kappa shape index (κ2) is 8.83. The standard InChI is InChI=1S/C21H21N5O2S/c1-15-19(25-29-24-15)13-28-17-9-7-16(8-10-17)21(27)22-11-4-12-26-14-23-18-5-2-3-6-20(18)26/h2-3,5-10,14H,4,11-13H2,1H3,(H,22,27). The van der Waals surface area contributed by atoms with Gasteiger partial charge in [-0.2, -0.15) is 8.75 Å². The number of carbonyl (C=O) groups excluding carboxylic acids is 1. The molecule has 0 aliphatic carbocycles. The zero-order valence-corrected chi connectivity index (χ0v) is 16.9. The molecule has 2 heterocycles. The number of nitrogens with zero attached hydrogens (tertiary/aromatic N) is 4. The lowest BCUT2D eigenvalue weighted by Gasteiger charge is -2.08. The average Bonchev–Trinajstić information content (AvgIpc) is 3.36. The molecule has 1 amide bonds. The summed E-state index contributed by atoms with van der Waals surface area (Å²) >= 11 is 1.18. The third-order valence-corrected chi connectivity index (χ3v) is 5.28. The Bertz CT molecular complexity index is 1100. The second-order valence-corrected chi connectivity index (χ2v) is 7.17. The van der Waals surface area contributed by atoms with Crippen LogP contribution in [0.2, 0.25) is 0 Å². The van der Waals surface area contributed by atoms with Crippen LogP contribution in [0.5, 0.6) is 5.75 Å². The van der Waals surface area contributed by atoms with E-state index in [4.69, 9.17) is 4.74 Å². The summed E-state index contributed by atoms with van der Waals surface area (Å²) in [4.78, 5) is 16.7. The monoisotopic (exact) mass is 407 g/mol. The molecule has 148 valence electrons. The topological polar surface area (TPSA) is 81.9 Å². The molecule has 2 aromatic carbocycles. The van der Waals surface area contributed by atoms with E-state index in [9.17, 15) is 4.79 Å². The molecule has 0 spiro atoms. The maximum absolute atomic E-state index is 12.3. The minimum atomic E-state index is -0.0911. The second-order valence-electron chi connectivity index (χ2n) is 6.65. The summed E-state index contributed by atoms with van der Waals surface area (Å²) in [6, 6.07) is 15.1. The van der Waals surface area contributed by atoms with E-state index in [1.54, 1.807) is 24.3 Å². The van der Waals surface area contributed by atoms with E-state index in [0.29, 0.717) is 24.5 Å². The summed E-state index contributed by atoms with van der Waals surface area (Å²) in [5.41, 5.74) is 4.42. The molecule has 0 fully saturated rings. The minimum absolute atomic E-state index is 0.0911. The van der Waals surface area contributed by atoms with Crippen LogP contribution in [0.4, 0.5) is 0 Å². The molecular formula is C21H21N5O2S. The highest BCUT2D eigenvalue weighted by Crippen LogP contribution is 2.15. The zero-order valence-electron chi connectivity index (χ0n) is 16.0. The van der Waals surface area contributed by atoms with Crippen molar-refractivity contribution < 1.29 is 9.53 Å².